The molecule has 178 valence electrons. The van der Waals surface area contributed by atoms with Crippen LogP contribution in [0.5, 0.6) is 0 Å². The molecule has 2 aromatic heterocycles. The number of aromatic nitrogens is 2. The first-order valence-corrected chi connectivity index (χ1v) is 11.2. The summed E-state index contributed by atoms with van der Waals surface area (Å²) < 4.78 is 20.8. The van der Waals surface area contributed by atoms with E-state index >= 15 is 0 Å². The standard InChI is InChI=1S/C26H28FN3O4/c1-17(11-24(32)33)10-23(31)25-21-13-19(14-28)15-29-26(21)30(2)22(25)8-3-4-9-34-16-18-6-5-7-20(27)12-18/h5-7,12-13,15,17H,3-4,8-11,16H2,1-2H3,(H,32,33). The summed E-state index contributed by atoms with van der Waals surface area (Å²) in [6.45, 7) is 2.57. The van der Waals surface area contributed by atoms with E-state index in [-0.39, 0.29) is 30.4 Å². The van der Waals surface area contributed by atoms with Crippen molar-refractivity contribution in [3.05, 3.63) is 64.7 Å². The number of carbonyl (C=O) groups is 2. The molecule has 0 spiro atoms. The van der Waals surface area contributed by atoms with Gasteiger partial charge in [-0.25, -0.2) is 9.37 Å². The molecule has 3 rings (SSSR count). The van der Waals surface area contributed by atoms with Gasteiger partial charge >= 0.3 is 5.97 Å². The fourth-order valence-electron chi connectivity index (χ4n) is 4.13. The Morgan fingerprint density at radius 2 is 2.06 bits per heavy atom. The molecule has 0 aliphatic heterocycles. The monoisotopic (exact) mass is 465 g/mol. The fourth-order valence-corrected chi connectivity index (χ4v) is 4.13. The largest absolute Gasteiger partial charge is 0.481 e. The number of carboxylic acids is 1. The average molecular weight is 466 g/mol. The van der Waals surface area contributed by atoms with Crippen LogP contribution in [0.2, 0.25) is 0 Å². The molecule has 0 aliphatic rings. The number of nitriles is 1. The molecule has 8 heteroatoms. The molecule has 1 aromatic carbocycles. The van der Waals surface area contributed by atoms with E-state index in [0.717, 1.165) is 24.1 Å². The second-order valence-electron chi connectivity index (χ2n) is 8.56. The zero-order valence-electron chi connectivity index (χ0n) is 19.4. The Kier molecular flexibility index (Phi) is 8.50. The number of ether oxygens (including phenoxy) is 1. The number of Topliss-reactive ketones (excluding diaryl/α,β-unsaturated/α-hetero) is 1. The Bertz CT molecular complexity index is 1230. The lowest BCUT2D eigenvalue weighted by molar-refractivity contribution is -0.137. The SMILES string of the molecule is CC(CC(=O)O)CC(=O)c1c(CCCCOCc2cccc(F)c2)n(C)c2ncc(C#N)cc12. The van der Waals surface area contributed by atoms with Gasteiger partial charge in [0.15, 0.2) is 5.78 Å². The zero-order valence-corrected chi connectivity index (χ0v) is 19.4. The summed E-state index contributed by atoms with van der Waals surface area (Å²) in [7, 11) is 1.84. The van der Waals surface area contributed by atoms with Crippen molar-refractivity contribution in [3.8, 4) is 6.07 Å². The zero-order chi connectivity index (χ0) is 24.7. The number of hydrogen-bond donors (Lipinski definition) is 1. The molecule has 0 amide bonds. The first-order chi connectivity index (χ1) is 16.3. The van der Waals surface area contributed by atoms with Crippen molar-refractivity contribution in [1.82, 2.24) is 9.55 Å². The number of fused-ring (bicyclic) bond motifs is 1. The highest BCUT2D eigenvalue weighted by Crippen LogP contribution is 2.29. The van der Waals surface area contributed by atoms with E-state index in [1.54, 1.807) is 19.1 Å². The molecule has 34 heavy (non-hydrogen) atoms. The van der Waals surface area contributed by atoms with E-state index in [4.69, 9.17) is 9.84 Å². The minimum Gasteiger partial charge on any atom is -0.481 e. The van der Waals surface area contributed by atoms with E-state index in [0.29, 0.717) is 41.8 Å². The van der Waals surface area contributed by atoms with Crippen LogP contribution in [0.15, 0.2) is 36.5 Å². The minimum atomic E-state index is -0.940. The van der Waals surface area contributed by atoms with Gasteiger partial charge in [0.25, 0.3) is 0 Å². The number of hydrogen-bond acceptors (Lipinski definition) is 5. The van der Waals surface area contributed by atoms with Gasteiger partial charge in [0.1, 0.15) is 17.5 Å². The third-order valence-corrected chi connectivity index (χ3v) is 5.72. The number of carboxylic acid groups (broad SMARTS) is 1. The van der Waals surface area contributed by atoms with E-state index in [9.17, 15) is 19.2 Å². The fraction of sp³-hybridized carbons (Fsp3) is 0.385. The molecule has 0 saturated heterocycles. The molecule has 0 radical (unpaired) electrons. The van der Waals surface area contributed by atoms with Gasteiger partial charge in [-0.15, -0.1) is 0 Å². The van der Waals surface area contributed by atoms with Crippen LogP contribution in [-0.4, -0.2) is 33.0 Å². The Morgan fingerprint density at radius 1 is 1.26 bits per heavy atom. The predicted molar refractivity (Wildman–Crippen MR) is 125 cm³/mol. The van der Waals surface area contributed by atoms with Crippen LogP contribution in [0, 0.1) is 23.1 Å². The summed E-state index contributed by atoms with van der Waals surface area (Å²) in [5.41, 5.74) is 3.08. The summed E-state index contributed by atoms with van der Waals surface area (Å²) in [4.78, 5) is 28.6. The third-order valence-electron chi connectivity index (χ3n) is 5.72. The van der Waals surface area contributed by atoms with Crippen LogP contribution in [0.3, 0.4) is 0 Å². The smallest absolute Gasteiger partial charge is 0.303 e. The van der Waals surface area contributed by atoms with E-state index < -0.39 is 5.97 Å². The highest BCUT2D eigenvalue weighted by atomic mass is 19.1. The number of nitrogens with zero attached hydrogens (tertiary/aromatic N) is 3. The average Bonchev–Trinajstić information content (AvgIpc) is 3.06. The molecule has 1 N–H and O–H groups in total. The van der Waals surface area contributed by atoms with E-state index in [1.165, 1.54) is 18.3 Å². The molecule has 3 aromatic rings. The maximum atomic E-state index is 13.3. The van der Waals surface area contributed by atoms with E-state index in [1.807, 2.05) is 17.7 Å². The van der Waals surface area contributed by atoms with E-state index in [2.05, 4.69) is 11.1 Å². The third kappa shape index (κ3) is 6.27. The summed E-state index contributed by atoms with van der Waals surface area (Å²) in [5, 5.41) is 19.0. The van der Waals surface area contributed by atoms with Crippen LogP contribution in [0.1, 0.15) is 59.8 Å². The number of aryl methyl sites for hydroxylation is 1. The number of pyridine rings is 1. The summed E-state index contributed by atoms with van der Waals surface area (Å²) >= 11 is 0. The summed E-state index contributed by atoms with van der Waals surface area (Å²) in [5.74, 6) is -1.69. The van der Waals surface area contributed by atoms with Crippen LogP contribution >= 0.6 is 0 Å². The number of aliphatic carboxylic acids is 1. The maximum Gasteiger partial charge on any atom is 0.303 e. The van der Waals surface area contributed by atoms with Gasteiger partial charge in [-0.1, -0.05) is 19.1 Å². The van der Waals surface area contributed by atoms with Crippen molar-refractivity contribution in [2.75, 3.05) is 6.61 Å². The summed E-state index contributed by atoms with van der Waals surface area (Å²) in [6.07, 6.45) is 3.60. The van der Waals surface area contributed by atoms with Crippen molar-refractivity contribution in [2.24, 2.45) is 13.0 Å². The molecule has 7 nitrogen and oxygen atoms in total. The van der Waals surface area contributed by atoms with Gasteiger partial charge in [-0.3, -0.25) is 9.59 Å². The minimum absolute atomic E-state index is 0.0871. The van der Waals surface area contributed by atoms with Crippen LogP contribution < -0.4 is 0 Å². The van der Waals surface area contributed by atoms with Crippen molar-refractivity contribution in [1.29, 1.82) is 5.26 Å². The summed E-state index contributed by atoms with van der Waals surface area (Å²) in [6, 6.07) is 10.0. The lowest BCUT2D eigenvalue weighted by Gasteiger charge is -2.11. The highest BCUT2D eigenvalue weighted by Gasteiger charge is 2.24. The molecule has 0 bridgehead atoms. The number of benzene rings is 1. The van der Waals surface area contributed by atoms with Gasteiger partial charge < -0.3 is 14.4 Å². The van der Waals surface area contributed by atoms with Crippen molar-refractivity contribution >= 4 is 22.8 Å². The predicted octanol–water partition coefficient (Wildman–Crippen LogP) is 4.81. The van der Waals surface area contributed by atoms with Gasteiger partial charge in [0.05, 0.1) is 12.2 Å². The topological polar surface area (TPSA) is 105 Å². The molecular weight excluding hydrogens is 437 g/mol. The second-order valence-corrected chi connectivity index (χ2v) is 8.56. The normalized spacial score (nSPS) is 11.9. The first-order valence-electron chi connectivity index (χ1n) is 11.2. The number of rotatable bonds is 12. The Labute approximate surface area is 197 Å². The molecule has 2 heterocycles. The van der Waals surface area contributed by atoms with Crippen molar-refractivity contribution in [3.63, 3.8) is 0 Å². The number of ketones is 1. The number of unbranched alkanes of at least 4 members (excludes halogenated alkanes) is 1. The lowest BCUT2D eigenvalue weighted by Crippen LogP contribution is -2.12. The van der Waals surface area contributed by atoms with Gasteiger partial charge in [0, 0.05) is 49.3 Å². The molecule has 1 unspecified atom stereocenters. The van der Waals surface area contributed by atoms with Gasteiger partial charge in [0.2, 0.25) is 0 Å². The first kappa shape index (κ1) is 25.1. The Balaban J connectivity index is 1.71. The van der Waals surface area contributed by atoms with Gasteiger partial charge in [-0.05, 0) is 48.9 Å². The molecule has 0 aliphatic carbocycles. The molecule has 1 atom stereocenters. The molecular formula is C26H28FN3O4. The highest BCUT2D eigenvalue weighted by molar-refractivity contribution is 6.09. The Hall–Kier alpha value is -3.57. The number of carbonyl (C=O) groups excluding carboxylic acids is 1. The molecule has 0 saturated carbocycles. The quantitative estimate of drug-likeness (QED) is 0.304. The van der Waals surface area contributed by atoms with Crippen molar-refractivity contribution < 1.29 is 23.8 Å². The van der Waals surface area contributed by atoms with Crippen LogP contribution in [0.25, 0.3) is 11.0 Å². The second kappa shape index (κ2) is 11.5. The maximum absolute atomic E-state index is 13.3. The Morgan fingerprint density at radius 3 is 2.76 bits per heavy atom. The van der Waals surface area contributed by atoms with Crippen LogP contribution in [0.4, 0.5) is 4.39 Å². The molecule has 0 fully saturated rings. The van der Waals surface area contributed by atoms with Crippen molar-refractivity contribution in [2.45, 2.75) is 45.6 Å². The van der Waals surface area contributed by atoms with Crippen LogP contribution in [-0.2, 0) is 29.6 Å². The van der Waals surface area contributed by atoms with Gasteiger partial charge in [-0.2, -0.15) is 5.26 Å². The number of halogens is 1. The lowest BCUT2D eigenvalue weighted by atomic mass is 9.94.